The molecule has 68 valence electrons. The maximum atomic E-state index is 9.31. The molecule has 0 fully saturated rings. The summed E-state index contributed by atoms with van der Waals surface area (Å²) in [6, 6.07) is 3.12. The summed E-state index contributed by atoms with van der Waals surface area (Å²) >= 11 is 7.04. The number of fused-ring (bicyclic) bond motifs is 1. The van der Waals surface area contributed by atoms with Crippen molar-refractivity contribution in [1.29, 1.82) is 0 Å². The first kappa shape index (κ1) is 8.59. The zero-order valence-corrected chi connectivity index (χ0v) is 8.32. The van der Waals surface area contributed by atoms with Gasteiger partial charge in [0, 0.05) is 6.07 Å². The van der Waals surface area contributed by atoms with Gasteiger partial charge in [0.25, 0.3) is 0 Å². The van der Waals surface area contributed by atoms with Gasteiger partial charge in [-0.3, -0.25) is 0 Å². The van der Waals surface area contributed by atoms with E-state index in [-0.39, 0.29) is 5.75 Å². The Bertz CT molecular complexity index is 455. The van der Waals surface area contributed by atoms with Crippen LogP contribution in [0.2, 0.25) is 4.47 Å². The smallest absolute Gasteiger partial charge is 0.184 e. The molecule has 0 bridgehead atoms. The van der Waals surface area contributed by atoms with Crippen molar-refractivity contribution in [1.82, 2.24) is 4.98 Å². The van der Waals surface area contributed by atoms with Crippen LogP contribution in [0.4, 0.5) is 0 Å². The van der Waals surface area contributed by atoms with Gasteiger partial charge in [0.2, 0.25) is 0 Å². The zero-order valence-electron chi connectivity index (χ0n) is 6.74. The summed E-state index contributed by atoms with van der Waals surface area (Å²) in [7, 11) is 1.53. The molecule has 0 unspecified atom stereocenters. The third kappa shape index (κ3) is 1.43. The van der Waals surface area contributed by atoms with Crippen molar-refractivity contribution in [3.05, 3.63) is 16.6 Å². The lowest BCUT2D eigenvalue weighted by Crippen LogP contribution is -1.83. The first-order valence-corrected chi connectivity index (χ1v) is 4.73. The zero-order chi connectivity index (χ0) is 9.42. The maximum absolute atomic E-state index is 9.31. The van der Waals surface area contributed by atoms with Crippen LogP contribution in [-0.2, 0) is 0 Å². The van der Waals surface area contributed by atoms with Gasteiger partial charge in [-0.15, -0.1) is 11.3 Å². The lowest BCUT2D eigenvalue weighted by atomic mass is 10.3. The van der Waals surface area contributed by atoms with Crippen LogP contribution in [0.15, 0.2) is 12.1 Å². The third-order valence-electron chi connectivity index (χ3n) is 1.64. The second kappa shape index (κ2) is 3.05. The Morgan fingerprint density at radius 2 is 2.31 bits per heavy atom. The molecular formula is C8H6ClNO2S. The van der Waals surface area contributed by atoms with Gasteiger partial charge in [0.05, 0.1) is 11.8 Å². The van der Waals surface area contributed by atoms with Crippen molar-refractivity contribution < 1.29 is 9.84 Å². The summed E-state index contributed by atoms with van der Waals surface area (Å²) in [6.07, 6.45) is 0. The topological polar surface area (TPSA) is 42.4 Å². The predicted molar refractivity (Wildman–Crippen MR) is 52.8 cm³/mol. The molecule has 0 saturated carbocycles. The minimum Gasteiger partial charge on any atom is -0.508 e. The van der Waals surface area contributed by atoms with E-state index in [0.29, 0.717) is 15.7 Å². The Hall–Kier alpha value is -1.00. The van der Waals surface area contributed by atoms with Gasteiger partial charge in [-0.25, -0.2) is 4.98 Å². The fraction of sp³-hybridized carbons (Fsp3) is 0.125. The van der Waals surface area contributed by atoms with Gasteiger partial charge in [-0.2, -0.15) is 0 Å². The fourth-order valence-corrected chi connectivity index (χ4v) is 2.19. The molecule has 2 rings (SSSR count). The molecule has 0 aliphatic rings. The molecule has 1 aromatic heterocycles. The number of hydrogen-bond donors (Lipinski definition) is 1. The molecule has 1 aromatic carbocycles. The molecule has 0 spiro atoms. The van der Waals surface area contributed by atoms with E-state index in [4.69, 9.17) is 16.3 Å². The normalized spacial score (nSPS) is 10.6. The van der Waals surface area contributed by atoms with E-state index < -0.39 is 0 Å². The van der Waals surface area contributed by atoms with E-state index in [9.17, 15) is 5.11 Å². The number of nitrogens with zero attached hydrogens (tertiary/aromatic N) is 1. The average molecular weight is 216 g/mol. The van der Waals surface area contributed by atoms with Crippen molar-refractivity contribution >= 4 is 33.2 Å². The van der Waals surface area contributed by atoms with Gasteiger partial charge in [0.1, 0.15) is 17.0 Å². The summed E-state index contributed by atoms with van der Waals surface area (Å²) in [5.74, 6) is 0.697. The quantitative estimate of drug-likeness (QED) is 0.795. The van der Waals surface area contributed by atoms with Crippen LogP contribution in [0.5, 0.6) is 11.5 Å². The number of aromatic nitrogens is 1. The van der Waals surface area contributed by atoms with E-state index in [0.717, 1.165) is 4.70 Å². The minimum absolute atomic E-state index is 0.157. The average Bonchev–Trinajstić information content (AvgIpc) is 2.43. The highest BCUT2D eigenvalue weighted by Crippen LogP contribution is 2.35. The monoisotopic (exact) mass is 215 g/mol. The number of ether oxygens (including phenoxy) is 1. The third-order valence-corrected chi connectivity index (χ3v) is 2.75. The van der Waals surface area contributed by atoms with Crippen molar-refractivity contribution in [2.75, 3.05) is 7.11 Å². The Morgan fingerprint density at radius 1 is 1.54 bits per heavy atom. The number of aromatic hydroxyl groups is 1. The molecule has 1 N–H and O–H groups in total. The van der Waals surface area contributed by atoms with Gasteiger partial charge < -0.3 is 9.84 Å². The second-order valence-corrected chi connectivity index (χ2v) is 4.07. The van der Waals surface area contributed by atoms with E-state index in [1.165, 1.54) is 24.5 Å². The largest absolute Gasteiger partial charge is 0.508 e. The van der Waals surface area contributed by atoms with Gasteiger partial charge in [0.15, 0.2) is 4.47 Å². The Morgan fingerprint density at radius 3 is 3.00 bits per heavy atom. The van der Waals surface area contributed by atoms with Gasteiger partial charge >= 0.3 is 0 Å². The molecule has 2 aromatic rings. The predicted octanol–water partition coefficient (Wildman–Crippen LogP) is 2.66. The van der Waals surface area contributed by atoms with Crippen molar-refractivity contribution in [2.24, 2.45) is 0 Å². The van der Waals surface area contributed by atoms with Gasteiger partial charge in [-0.1, -0.05) is 11.6 Å². The summed E-state index contributed by atoms with van der Waals surface area (Å²) < 4.78 is 6.31. The molecule has 5 heteroatoms. The van der Waals surface area contributed by atoms with Crippen LogP contribution in [-0.4, -0.2) is 17.2 Å². The summed E-state index contributed by atoms with van der Waals surface area (Å²) in [6.45, 7) is 0. The molecule has 0 atom stereocenters. The Labute approximate surface area is 83.5 Å². The van der Waals surface area contributed by atoms with Crippen LogP contribution >= 0.6 is 22.9 Å². The van der Waals surface area contributed by atoms with Crippen LogP contribution in [0.25, 0.3) is 10.2 Å². The molecule has 0 saturated heterocycles. The lowest BCUT2D eigenvalue weighted by molar-refractivity contribution is 0.412. The van der Waals surface area contributed by atoms with E-state index in [1.54, 1.807) is 6.07 Å². The molecule has 0 amide bonds. The van der Waals surface area contributed by atoms with Crippen LogP contribution in [0, 0.1) is 0 Å². The molecule has 1 heterocycles. The SMILES string of the molecule is COc1cc(O)cc2sc(Cl)nc12. The van der Waals surface area contributed by atoms with Crippen molar-refractivity contribution in [3.63, 3.8) is 0 Å². The highest BCUT2D eigenvalue weighted by molar-refractivity contribution is 7.22. The lowest BCUT2D eigenvalue weighted by Gasteiger charge is -2.00. The number of halogens is 1. The van der Waals surface area contributed by atoms with Gasteiger partial charge in [-0.05, 0) is 6.07 Å². The first-order chi connectivity index (χ1) is 6.20. The number of phenols is 1. The molecule has 0 radical (unpaired) electrons. The summed E-state index contributed by atoms with van der Waals surface area (Å²) in [4.78, 5) is 4.07. The highest BCUT2D eigenvalue weighted by Gasteiger charge is 2.08. The number of rotatable bonds is 1. The van der Waals surface area contributed by atoms with Crippen LogP contribution in [0.3, 0.4) is 0 Å². The number of phenolic OH excluding ortho intramolecular Hbond substituents is 1. The minimum atomic E-state index is 0.157. The number of hydrogen-bond acceptors (Lipinski definition) is 4. The van der Waals surface area contributed by atoms with Crippen LogP contribution < -0.4 is 4.74 Å². The molecule has 0 aliphatic heterocycles. The summed E-state index contributed by atoms with van der Waals surface area (Å²) in [5, 5.41) is 9.31. The molecule has 13 heavy (non-hydrogen) atoms. The molecule has 0 aliphatic carbocycles. The highest BCUT2D eigenvalue weighted by atomic mass is 35.5. The Kier molecular flexibility index (Phi) is 2.01. The van der Waals surface area contributed by atoms with Crippen molar-refractivity contribution in [2.45, 2.75) is 0 Å². The summed E-state index contributed by atoms with van der Waals surface area (Å²) in [5.41, 5.74) is 0.690. The standard InChI is InChI=1S/C8H6ClNO2S/c1-12-5-2-4(11)3-6-7(5)10-8(9)13-6/h2-3,11H,1H3. The van der Waals surface area contributed by atoms with E-state index in [2.05, 4.69) is 4.98 Å². The second-order valence-electron chi connectivity index (χ2n) is 2.46. The van der Waals surface area contributed by atoms with Crippen molar-refractivity contribution in [3.8, 4) is 11.5 Å². The first-order valence-electron chi connectivity index (χ1n) is 3.54. The van der Waals surface area contributed by atoms with Crippen LogP contribution in [0.1, 0.15) is 0 Å². The van der Waals surface area contributed by atoms with E-state index in [1.807, 2.05) is 0 Å². The van der Waals surface area contributed by atoms with E-state index >= 15 is 0 Å². The molecule has 3 nitrogen and oxygen atoms in total. The maximum Gasteiger partial charge on any atom is 0.184 e. The number of benzene rings is 1. The Balaban J connectivity index is 2.80. The molecular weight excluding hydrogens is 210 g/mol. The number of thiazole rings is 1. The number of methoxy groups -OCH3 is 1. The fourth-order valence-electron chi connectivity index (χ4n) is 1.11.